The maximum atomic E-state index is 4.80. The molecule has 0 spiro atoms. The number of aromatic nitrogens is 2. The Hall–Kier alpha value is -1.77. The Kier molecular flexibility index (Phi) is 3.42. The fourth-order valence-electron chi connectivity index (χ4n) is 3.69. The minimum Gasteiger partial charge on any atom is -0.385 e. The second kappa shape index (κ2) is 5.55. The van der Waals surface area contributed by atoms with Gasteiger partial charge in [0.25, 0.3) is 0 Å². The molecule has 1 aromatic carbocycles. The zero-order chi connectivity index (χ0) is 14.1. The van der Waals surface area contributed by atoms with Crippen molar-refractivity contribution >= 4 is 5.69 Å². The van der Waals surface area contributed by atoms with Gasteiger partial charge >= 0.3 is 0 Å². The van der Waals surface area contributed by atoms with Crippen LogP contribution >= 0.6 is 0 Å². The first-order chi connectivity index (χ1) is 10.4. The quantitative estimate of drug-likeness (QED) is 0.923. The summed E-state index contributed by atoms with van der Waals surface area (Å²) in [5.41, 5.74) is 5.37. The van der Waals surface area contributed by atoms with E-state index in [9.17, 15) is 0 Å². The van der Waals surface area contributed by atoms with E-state index in [-0.39, 0.29) is 0 Å². The Morgan fingerprint density at radius 1 is 1.14 bits per heavy atom. The third kappa shape index (κ3) is 2.69. The highest BCUT2D eigenvalue weighted by Crippen LogP contribution is 2.29. The van der Waals surface area contributed by atoms with E-state index in [1.807, 2.05) is 0 Å². The van der Waals surface area contributed by atoms with Gasteiger partial charge in [-0.2, -0.15) is 5.10 Å². The number of nitrogens with zero attached hydrogens (tertiary/aromatic N) is 2. The number of rotatable bonds is 3. The van der Waals surface area contributed by atoms with Gasteiger partial charge in [-0.1, -0.05) is 25.0 Å². The van der Waals surface area contributed by atoms with Gasteiger partial charge in [-0.15, -0.1) is 0 Å². The van der Waals surface area contributed by atoms with Crippen LogP contribution in [-0.4, -0.2) is 16.3 Å². The summed E-state index contributed by atoms with van der Waals surface area (Å²) >= 11 is 0. The summed E-state index contributed by atoms with van der Waals surface area (Å²) in [4.78, 5) is 0. The lowest BCUT2D eigenvalue weighted by Gasteiger charge is -2.18. The van der Waals surface area contributed by atoms with Crippen LogP contribution in [0.5, 0.6) is 0 Å². The van der Waals surface area contributed by atoms with Crippen molar-refractivity contribution in [3.05, 3.63) is 47.3 Å². The molecule has 0 bridgehead atoms. The molecule has 1 fully saturated rings. The molecule has 1 saturated carbocycles. The van der Waals surface area contributed by atoms with E-state index in [1.54, 1.807) is 0 Å². The van der Waals surface area contributed by atoms with Gasteiger partial charge in [0.15, 0.2) is 0 Å². The monoisotopic (exact) mass is 281 g/mol. The molecule has 2 heterocycles. The molecule has 1 N–H and O–H groups in total. The van der Waals surface area contributed by atoms with Crippen molar-refractivity contribution in [1.82, 2.24) is 9.78 Å². The van der Waals surface area contributed by atoms with Gasteiger partial charge in [0.1, 0.15) is 0 Å². The van der Waals surface area contributed by atoms with Crippen molar-refractivity contribution in [3.63, 3.8) is 0 Å². The molecule has 4 rings (SSSR count). The van der Waals surface area contributed by atoms with Crippen LogP contribution in [0.3, 0.4) is 0 Å². The van der Waals surface area contributed by atoms with E-state index in [0.29, 0.717) is 6.04 Å². The molecular weight excluding hydrogens is 258 g/mol. The first-order valence-corrected chi connectivity index (χ1v) is 8.28. The van der Waals surface area contributed by atoms with Crippen molar-refractivity contribution in [2.45, 2.75) is 51.0 Å². The molecular formula is C18H23N3. The molecule has 0 radical (unpaired) electrons. The Labute approximate surface area is 126 Å². The van der Waals surface area contributed by atoms with Gasteiger partial charge in [0.2, 0.25) is 0 Å². The molecule has 2 aromatic rings. The van der Waals surface area contributed by atoms with Gasteiger partial charge < -0.3 is 5.32 Å². The minimum absolute atomic E-state index is 0.645. The van der Waals surface area contributed by atoms with Crippen molar-refractivity contribution < 1.29 is 0 Å². The summed E-state index contributed by atoms with van der Waals surface area (Å²) in [7, 11) is 0. The largest absolute Gasteiger partial charge is 0.385 e. The van der Waals surface area contributed by atoms with Crippen molar-refractivity contribution in [3.8, 4) is 0 Å². The van der Waals surface area contributed by atoms with E-state index in [2.05, 4.69) is 40.5 Å². The summed E-state index contributed by atoms with van der Waals surface area (Å²) in [6, 6.07) is 9.67. The van der Waals surface area contributed by atoms with E-state index in [1.165, 1.54) is 61.0 Å². The average molecular weight is 281 g/mol. The first kappa shape index (κ1) is 12.9. The zero-order valence-electron chi connectivity index (χ0n) is 12.5. The Morgan fingerprint density at radius 3 is 2.95 bits per heavy atom. The summed E-state index contributed by atoms with van der Waals surface area (Å²) in [5, 5.41) is 8.28. The fraction of sp³-hybridized carbons (Fsp3) is 0.500. The number of nitrogens with one attached hydrogen (secondary N) is 1. The second-order valence-corrected chi connectivity index (χ2v) is 6.42. The summed E-state index contributed by atoms with van der Waals surface area (Å²) in [6.45, 7) is 1.11. The third-order valence-electron chi connectivity index (χ3n) is 4.86. The third-order valence-corrected chi connectivity index (χ3v) is 4.86. The molecule has 0 amide bonds. The predicted molar refractivity (Wildman–Crippen MR) is 85.8 cm³/mol. The Bertz CT molecular complexity index is 623. The average Bonchev–Trinajstić information content (AvgIpc) is 3.18. The highest BCUT2D eigenvalue weighted by atomic mass is 15.3. The summed E-state index contributed by atoms with van der Waals surface area (Å²) in [6.07, 6.45) is 10.9. The second-order valence-electron chi connectivity index (χ2n) is 6.42. The highest BCUT2D eigenvalue weighted by Gasteiger charge is 2.17. The lowest BCUT2D eigenvalue weighted by molar-refractivity contribution is 0.463. The number of aryl methyl sites for hydroxylation is 1. The number of hydrogen-bond donors (Lipinski definition) is 1. The molecule has 2 aliphatic rings. The standard InChI is InChI=1S/C18H23N3/c1-2-6-17(5-1)21-11-9-16(20-21)13-14-7-8-18-15(12-14)4-3-10-19-18/h7-9,11-12,17,19H,1-6,10,13H2. The first-order valence-electron chi connectivity index (χ1n) is 8.28. The molecule has 110 valence electrons. The number of fused-ring (bicyclic) bond motifs is 1. The van der Waals surface area contributed by atoms with Crippen LogP contribution in [-0.2, 0) is 12.8 Å². The van der Waals surface area contributed by atoms with Crippen LogP contribution in [0.1, 0.15) is 55.0 Å². The number of benzene rings is 1. The smallest absolute Gasteiger partial charge is 0.0668 e. The van der Waals surface area contributed by atoms with E-state index in [4.69, 9.17) is 5.10 Å². The topological polar surface area (TPSA) is 29.9 Å². The predicted octanol–water partition coefficient (Wildman–Crippen LogP) is 3.95. The normalized spacial score (nSPS) is 18.5. The van der Waals surface area contributed by atoms with Gasteiger partial charge in [0.05, 0.1) is 11.7 Å². The van der Waals surface area contributed by atoms with Crippen molar-refractivity contribution in [2.75, 3.05) is 11.9 Å². The molecule has 21 heavy (non-hydrogen) atoms. The minimum atomic E-state index is 0.645. The molecule has 0 unspecified atom stereocenters. The van der Waals surface area contributed by atoms with Gasteiger partial charge in [-0.05, 0) is 48.9 Å². The van der Waals surface area contributed by atoms with E-state index < -0.39 is 0 Å². The molecule has 1 aromatic heterocycles. The fourth-order valence-corrected chi connectivity index (χ4v) is 3.69. The van der Waals surface area contributed by atoms with Crippen LogP contribution in [0.4, 0.5) is 5.69 Å². The lowest BCUT2D eigenvalue weighted by atomic mass is 9.99. The highest BCUT2D eigenvalue weighted by molar-refractivity contribution is 5.54. The Balaban J connectivity index is 1.50. The number of anilines is 1. The van der Waals surface area contributed by atoms with Gasteiger partial charge in [-0.25, -0.2) is 0 Å². The van der Waals surface area contributed by atoms with Crippen molar-refractivity contribution in [2.24, 2.45) is 0 Å². The summed E-state index contributed by atoms with van der Waals surface area (Å²) in [5.74, 6) is 0. The van der Waals surface area contributed by atoms with Crippen molar-refractivity contribution in [1.29, 1.82) is 0 Å². The summed E-state index contributed by atoms with van der Waals surface area (Å²) < 4.78 is 2.20. The van der Waals surface area contributed by atoms with E-state index >= 15 is 0 Å². The maximum Gasteiger partial charge on any atom is 0.0668 e. The molecule has 3 nitrogen and oxygen atoms in total. The molecule has 3 heteroatoms. The van der Waals surface area contributed by atoms with Gasteiger partial charge in [0, 0.05) is 24.8 Å². The van der Waals surface area contributed by atoms with Crippen LogP contribution in [0.2, 0.25) is 0 Å². The number of hydrogen-bond acceptors (Lipinski definition) is 2. The maximum absolute atomic E-state index is 4.80. The Morgan fingerprint density at radius 2 is 2.05 bits per heavy atom. The van der Waals surface area contributed by atoms with Crippen LogP contribution < -0.4 is 5.32 Å². The molecule has 1 aliphatic carbocycles. The van der Waals surface area contributed by atoms with Crippen LogP contribution in [0.15, 0.2) is 30.5 Å². The molecule has 0 saturated heterocycles. The zero-order valence-corrected chi connectivity index (χ0v) is 12.5. The molecule has 1 aliphatic heterocycles. The molecule has 0 atom stereocenters. The SMILES string of the molecule is c1cc2c(cc1Cc1ccn(C3CCCC3)n1)CCCN2. The lowest BCUT2D eigenvalue weighted by Crippen LogP contribution is -2.11. The van der Waals surface area contributed by atoms with Gasteiger partial charge in [-0.3, -0.25) is 4.68 Å². The van der Waals surface area contributed by atoms with Crippen LogP contribution in [0, 0.1) is 0 Å². The van der Waals surface area contributed by atoms with Crippen LogP contribution in [0.25, 0.3) is 0 Å². The van der Waals surface area contributed by atoms with E-state index in [0.717, 1.165) is 13.0 Å².